The number of fused-ring (bicyclic) bond motifs is 3. The van der Waals surface area contributed by atoms with Gasteiger partial charge in [0.25, 0.3) is 0 Å². The lowest BCUT2D eigenvalue weighted by molar-refractivity contribution is -0.116. The van der Waals surface area contributed by atoms with E-state index < -0.39 is 0 Å². The quantitative estimate of drug-likeness (QED) is 0.572. The number of halogens is 1. The Morgan fingerprint density at radius 3 is 2.62 bits per heavy atom. The number of carbonyl (C=O) groups is 1. The molecule has 3 heteroatoms. The van der Waals surface area contributed by atoms with Crippen molar-refractivity contribution in [1.82, 2.24) is 0 Å². The maximum absolute atomic E-state index is 12.9. The lowest BCUT2D eigenvalue weighted by atomic mass is 9.74. The van der Waals surface area contributed by atoms with Crippen molar-refractivity contribution in [2.45, 2.75) is 25.2 Å². The number of anilines is 1. The third-order valence-corrected chi connectivity index (χ3v) is 5.85. The lowest BCUT2D eigenvalue weighted by Crippen LogP contribution is -2.27. The van der Waals surface area contributed by atoms with Crippen molar-refractivity contribution in [2.75, 3.05) is 5.32 Å². The second-order valence-electron chi connectivity index (χ2n) is 7.00. The molecule has 0 spiro atoms. The molecule has 1 aliphatic heterocycles. The van der Waals surface area contributed by atoms with Crippen molar-refractivity contribution >= 4 is 33.8 Å². The molecule has 1 N–H and O–H groups in total. The highest BCUT2D eigenvalue weighted by atomic mass is 35.5. The molecule has 2 nitrogen and oxygen atoms in total. The van der Waals surface area contributed by atoms with Gasteiger partial charge in [0.1, 0.15) is 0 Å². The molecule has 0 radical (unpaired) electrons. The minimum atomic E-state index is -0.117. The zero-order valence-corrected chi connectivity index (χ0v) is 15.0. The fourth-order valence-electron chi connectivity index (χ4n) is 4.37. The van der Waals surface area contributed by atoms with Crippen LogP contribution in [-0.2, 0) is 4.79 Å². The fraction of sp³-hybridized carbons (Fsp3) is 0.174. The van der Waals surface area contributed by atoms with E-state index in [4.69, 9.17) is 11.6 Å². The second-order valence-corrected chi connectivity index (χ2v) is 7.40. The number of allylic oxidation sites excluding steroid dienone is 2. The molecule has 0 aromatic heterocycles. The minimum absolute atomic E-state index is 0.117. The summed E-state index contributed by atoms with van der Waals surface area (Å²) in [7, 11) is 0. The predicted molar refractivity (Wildman–Crippen MR) is 107 cm³/mol. The molecule has 128 valence electrons. The van der Waals surface area contributed by atoms with Crippen molar-refractivity contribution in [3.63, 3.8) is 0 Å². The molecule has 0 saturated carbocycles. The van der Waals surface area contributed by atoms with Crippen LogP contribution in [0.1, 0.15) is 36.3 Å². The maximum Gasteiger partial charge on any atom is 0.161 e. The van der Waals surface area contributed by atoms with Gasteiger partial charge in [-0.1, -0.05) is 60.1 Å². The van der Waals surface area contributed by atoms with Gasteiger partial charge in [0, 0.05) is 34.3 Å². The van der Waals surface area contributed by atoms with E-state index in [2.05, 4.69) is 41.7 Å². The summed E-state index contributed by atoms with van der Waals surface area (Å²) in [4.78, 5) is 12.9. The zero-order valence-electron chi connectivity index (χ0n) is 14.3. The third kappa shape index (κ3) is 2.29. The summed E-state index contributed by atoms with van der Waals surface area (Å²) in [5.41, 5.74) is 5.21. The number of hydrogen-bond acceptors (Lipinski definition) is 2. The van der Waals surface area contributed by atoms with Crippen molar-refractivity contribution in [1.29, 1.82) is 0 Å². The summed E-state index contributed by atoms with van der Waals surface area (Å²) in [6.45, 7) is 0. The molecule has 1 unspecified atom stereocenters. The van der Waals surface area contributed by atoms with Crippen LogP contribution in [-0.4, -0.2) is 5.78 Å². The van der Waals surface area contributed by atoms with Gasteiger partial charge < -0.3 is 5.32 Å². The van der Waals surface area contributed by atoms with Gasteiger partial charge in [-0.2, -0.15) is 0 Å². The van der Waals surface area contributed by atoms with Crippen molar-refractivity contribution in [3.8, 4) is 0 Å². The fourth-order valence-corrected chi connectivity index (χ4v) is 4.62. The van der Waals surface area contributed by atoms with Crippen LogP contribution >= 0.6 is 11.6 Å². The number of Topliss-reactive ketones (excluding diaryl/α,β-unsaturated/α-hetero) is 1. The van der Waals surface area contributed by atoms with Crippen LogP contribution in [0.5, 0.6) is 0 Å². The highest BCUT2D eigenvalue weighted by Crippen LogP contribution is 2.49. The van der Waals surface area contributed by atoms with Gasteiger partial charge in [-0.15, -0.1) is 0 Å². The molecule has 1 aliphatic carbocycles. The molecule has 0 amide bonds. The summed E-state index contributed by atoms with van der Waals surface area (Å²) in [5, 5.41) is 6.62. The number of rotatable bonds is 1. The summed E-state index contributed by atoms with van der Waals surface area (Å²) in [5.74, 6) is 0.121. The van der Waals surface area contributed by atoms with Gasteiger partial charge in [0.05, 0.1) is 0 Å². The normalized spacial score (nSPS) is 19.1. The highest BCUT2D eigenvalue weighted by Gasteiger charge is 2.36. The molecule has 26 heavy (non-hydrogen) atoms. The smallest absolute Gasteiger partial charge is 0.161 e. The first-order chi connectivity index (χ1) is 12.7. The number of nitrogens with one attached hydrogen (secondary N) is 1. The Morgan fingerprint density at radius 1 is 0.923 bits per heavy atom. The van der Waals surface area contributed by atoms with E-state index in [0.29, 0.717) is 11.4 Å². The first kappa shape index (κ1) is 15.7. The largest absolute Gasteiger partial charge is 0.358 e. The van der Waals surface area contributed by atoms with Gasteiger partial charge in [-0.25, -0.2) is 0 Å². The summed E-state index contributed by atoms with van der Waals surface area (Å²) in [6, 6.07) is 20.5. The second kappa shape index (κ2) is 6.00. The Hall–Kier alpha value is -2.58. The van der Waals surface area contributed by atoms with Crippen LogP contribution in [0, 0.1) is 0 Å². The van der Waals surface area contributed by atoms with Crippen molar-refractivity contribution < 1.29 is 4.79 Å². The summed E-state index contributed by atoms with van der Waals surface area (Å²) >= 11 is 6.60. The molecule has 0 bridgehead atoms. The first-order valence-corrected chi connectivity index (χ1v) is 9.41. The number of carbonyl (C=O) groups excluding carboxylic acids is 1. The van der Waals surface area contributed by atoms with Crippen LogP contribution in [0.3, 0.4) is 0 Å². The van der Waals surface area contributed by atoms with Crippen molar-refractivity contribution in [2.24, 2.45) is 0 Å². The van der Waals surface area contributed by atoms with E-state index in [-0.39, 0.29) is 11.7 Å². The van der Waals surface area contributed by atoms with Crippen molar-refractivity contribution in [3.05, 3.63) is 88.1 Å². The molecule has 5 rings (SSSR count). The molecule has 3 aromatic rings. The zero-order chi connectivity index (χ0) is 17.7. The Kier molecular flexibility index (Phi) is 3.61. The Bertz CT molecular complexity index is 1080. The average Bonchev–Trinajstić information content (AvgIpc) is 2.67. The standard InChI is InChI=1S/C23H18ClNO/c24-17-9-4-3-8-16(17)22-21-15-7-2-1-6-14(15)12-13-19(21)25-18-10-5-11-20(26)23(18)22/h1-4,6-9,12-13,22,25H,5,10-11H2. The van der Waals surface area contributed by atoms with E-state index in [1.54, 1.807) is 0 Å². The molecule has 1 atom stereocenters. The summed E-state index contributed by atoms with van der Waals surface area (Å²) < 4.78 is 0. The molecule has 0 fully saturated rings. The topological polar surface area (TPSA) is 29.1 Å². The average molecular weight is 360 g/mol. The Morgan fingerprint density at radius 2 is 1.73 bits per heavy atom. The molecule has 2 aliphatic rings. The molecular weight excluding hydrogens is 342 g/mol. The van der Waals surface area contributed by atoms with E-state index in [1.807, 2.05) is 24.3 Å². The molecule has 1 heterocycles. The number of benzene rings is 3. The molecular formula is C23H18ClNO. The predicted octanol–water partition coefficient (Wildman–Crippen LogP) is 6.06. The minimum Gasteiger partial charge on any atom is -0.358 e. The molecule has 3 aromatic carbocycles. The van der Waals surface area contributed by atoms with Crippen LogP contribution < -0.4 is 5.32 Å². The maximum atomic E-state index is 12.9. The van der Waals surface area contributed by atoms with Crippen LogP contribution in [0.2, 0.25) is 5.02 Å². The van der Waals surface area contributed by atoms with Crippen LogP contribution in [0.25, 0.3) is 10.8 Å². The lowest BCUT2D eigenvalue weighted by Gasteiger charge is -2.35. The monoisotopic (exact) mass is 359 g/mol. The summed E-state index contributed by atoms with van der Waals surface area (Å²) in [6.07, 6.45) is 2.43. The van der Waals surface area contributed by atoms with E-state index in [9.17, 15) is 4.79 Å². The Balaban J connectivity index is 1.87. The van der Waals surface area contributed by atoms with Crippen LogP contribution in [0.4, 0.5) is 5.69 Å². The third-order valence-electron chi connectivity index (χ3n) is 5.51. The molecule has 0 saturated heterocycles. The van der Waals surface area contributed by atoms with Gasteiger partial charge in [-0.05, 0) is 46.9 Å². The number of ketones is 1. The van der Waals surface area contributed by atoms with E-state index in [1.165, 1.54) is 10.8 Å². The van der Waals surface area contributed by atoms with Gasteiger partial charge in [0.15, 0.2) is 5.78 Å². The first-order valence-electron chi connectivity index (χ1n) is 9.03. The van der Waals surface area contributed by atoms with Gasteiger partial charge in [0.2, 0.25) is 0 Å². The highest BCUT2D eigenvalue weighted by molar-refractivity contribution is 6.31. The van der Waals surface area contributed by atoms with E-state index in [0.717, 1.165) is 40.9 Å². The van der Waals surface area contributed by atoms with Gasteiger partial charge >= 0.3 is 0 Å². The SMILES string of the molecule is O=C1CCCC2=C1C(c1ccccc1Cl)c1c(ccc3ccccc13)N2. The number of hydrogen-bond donors (Lipinski definition) is 1. The van der Waals surface area contributed by atoms with E-state index >= 15 is 0 Å². The van der Waals surface area contributed by atoms with Crippen LogP contribution in [0.15, 0.2) is 71.9 Å². The van der Waals surface area contributed by atoms with Gasteiger partial charge in [-0.3, -0.25) is 4.79 Å². The Labute approximate surface area is 157 Å².